The van der Waals surface area contributed by atoms with E-state index in [4.69, 9.17) is 4.74 Å². The number of hydrogen-bond acceptors (Lipinski definition) is 3. The van der Waals surface area contributed by atoms with Gasteiger partial charge in [-0.2, -0.15) is 0 Å². The number of piperidine rings is 1. The Hall–Kier alpha value is -1.39. The van der Waals surface area contributed by atoms with Crippen LogP contribution < -0.4 is 5.32 Å². The maximum absolute atomic E-state index is 12.1. The fourth-order valence-electron chi connectivity index (χ4n) is 3.88. The Morgan fingerprint density at radius 1 is 1.25 bits per heavy atom. The number of rotatable bonds is 4. The maximum Gasteiger partial charge on any atom is 0.249 e. The molecule has 0 saturated carbocycles. The molecule has 1 spiro atoms. The molecule has 4 heteroatoms. The largest absolute Gasteiger partial charge is 0.368 e. The second-order valence-electron chi connectivity index (χ2n) is 7.76. The third kappa shape index (κ3) is 4.37. The van der Waals surface area contributed by atoms with E-state index in [2.05, 4.69) is 40.5 Å². The van der Waals surface area contributed by atoms with Crippen molar-refractivity contribution in [2.24, 2.45) is 5.41 Å². The van der Waals surface area contributed by atoms with Crippen molar-refractivity contribution in [1.82, 2.24) is 10.2 Å². The molecule has 0 unspecified atom stereocenters. The minimum Gasteiger partial charge on any atom is -0.368 e. The first-order valence-electron chi connectivity index (χ1n) is 9.25. The highest BCUT2D eigenvalue weighted by Crippen LogP contribution is 2.40. The van der Waals surface area contributed by atoms with Crippen LogP contribution in [0.25, 0.3) is 0 Å². The minimum atomic E-state index is -0.250. The van der Waals surface area contributed by atoms with Crippen LogP contribution in [-0.4, -0.2) is 42.6 Å². The summed E-state index contributed by atoms with van der Waals surface area (Å²) in [5.74, 6) is 0.0568. The highest BCUT2D eigenvalue weighted by molar-refractivity contribution is 5.81. The Balaban J connectivity index is 1.46. The van der Waals surface area contributed by atoms with Crippen LogP contribution in [0.1, 0.15) is 45.1 Å². The lowest BCUT2D eigenvalue weighted by molar-refractivity contribution is -0.145. The molecule has 3 rings (SSSR count). The smallest absolute Gasteiger partial charge is 0.249 e. The maximum atomic E-state index is 12.1. The van der Waals surface area contributed by atoms with Crippen LogP contribution in [0.2, 0.25) is 0 Å². The molecule has 2 aliphatic heterocycles. The monoisotopic (exact) mass is 330 g/mol. The molecule has 2 saturated heterocycles. The average Bonchev–Trinajstić information content (AvgIpc) is 2.58. The quantitative estimate of drug-likeness (QED) is 0.923. The summed E-state index contributed by atoms with van der Waals surface area (Å²) in [5.41, 5.74) is 1.68. The average molecular weight is 330 g/mol. The number of likely N-dealkylation sites (tertiary alicyclic amines) is 1. The minimum absolute atomic E-state index is 0.0568. The first-order valence-corrected chi connectivity index (χ1v) is 9.25. The zero-order valence-corrected chi connectivity index (χ0v) is 15.0. The number of carbonyl (C=O) groups is 1. The summed E-state index contributed by atoms with van der Waals surface area (Å²) in [4.78, 5) is 14.6. The van der Waals surface area contributed by atoms with Crippen LogP contribution >= 0.6 is 0 Å². The zero-order chi connectivity index (χ0) is 17.0. The van der Waals surface area contributed by atoms with Crippen LogP contribution in [0.15, 0.2) is 30.3 Å². The van der Waals surface area contributed by atoms with E-state index < -0.39 is 0 Å². The summed E-state index contributed by atoms with van der Waals surface area (Å²) in [6, 6.07) is 10.9. The molecule has 1 aromatic rings. The second kappa shape index (κ2) is 7.66. The fourth-order valence-corrected chi connectivity index (χ4v) is 3.88. The molecular formula is C20H30N2O2. The van der Waals surface area contributed by atoms with E-state index >= 15 is 0 Å². The molecule has 2 fully saturated rings. The zero-order valence-electron chi connectivity index (χ0n) is 15.0. The van der Waals surface area contributed by atoms with Gasteiger partial charge in [0.1, 0.15) is 6.10 Å². The number of carbonyl (C=O) groups excluding carboxylic acids is 1. The summed E-state index contributed by atoms with van der Waals surface area (Å²) in [5, 5.41) is 2.97. The standard InChI is InChI=1S/C20H30N2O2/c1-16(2)21-19(23)18-8-9-20(15-24-18)10-12-22(13-11-20)14-17-6-4-3-5-7-17/h3-7,16,18H,8-15H2,1-2H3,(H,21,23)/t18-/m1/s1. The number of nitrogens with one attached hydrogen (secondary N) is 1. The van der Waals surface area contributed by atoms with Gasteiger partial charge in [0.15, 0.2) is 0 Å². The number of hydrogen-bond donors (Lipinski definition) is 1. The second-order valence-corrected chi connectivity index (χ2v) is 7.76. The molecule has 24 heavy (non-hydrogen) atoms. The van der Waals surface area contributed by atoms with E-state index in [1.165, 1.54) is 18.4 Å². The van der Waals surface area contributed by atoms with Gasteiger partial charge in [-0.3, -0.25) is 9.69 Å². The van der Waals surface area contributed by atoms with E-state index in [9.17, 15) is 4.79 Å². The summed E-state index contributed by atoms with van der Waals surface area (Å²) < 4.78 is 5.96. The lowest BCUT2D eigenvalue weighted by Crippen LogP contribution is -2.49. The molecule has 1 aromatic carbocycles. The Morgan fingerprint density at radius 2 is 1.96 bits per heavy atom. The van der Waals surface area contributed by atoms with Crippen LogP contribution in [-0.2, 0) is 16.1 Å². The van der Waals surface area contributed by atoms with Crippen molar-refractivity contribution in [3.05, 3.63) is 35.9 Å². The van der Waals surface area contributed by atoms with E-state index in [1.807, 2.05) is 13.8 Å². The van der Waals surface area contributed by atoms with Gasteiger partial charge in [0.2, 0.25) is 5.91 Å². The van der Waals surface area contributed by atoms with E-state index in [1.54, 1.807) is 0 Å². The first kappa shape index (κ1) is 17.4. The van der Waals surface area contributed by atoms with Crippen molar-refractivity contribution < 1.29 is 9.53 Å². The molecule has 1 N–H and O–H groups in total. The number of nitrogens with zero attached hydrogens (tertiary/aromatic N) is 1. The van der Waals surface area contributed by atoms with Gasteiger partial charge in [-0.05, 0) is 63.6 Å². The number of amides is 1. The van der Waals surface area contributed by atoms with Gasteiger partial charge in [-0.15, -0.1) is 0 Å². The normalized spacial score (nSPS) is 24.2. The topological polar surface area (TPSA) is 41.6 Å². The van der Waals surface area contributed by atoms with Gasteiger partial charge in [0.25, 0.3) is 0 Å². The van der Waals surface area contributed by atoms with Crippen LogP contribution in [0.3, 0.4) is 0 Å². The molecule has 0 bridgehead atoms. The molecule has 132 valence electrons. The van der Waals surface area contributed by atoms with Crippen molar-refractivity contribution in [3.63, 3.8) is 0 Å². The molecule has 2 heterocycles. The molecular weight excluding hydrogens is 300 g/mol. The summed E-state index contributed by atoms with van der Waals surface area (Å²) in [6.45, 7) is 8.01. The molecule has 2 aliphatic rings. The highest BCUT2D eigenvalue weighted by atomic mass is 16.5. The highest BCUT2D eigenvalue weighted by Gasteiger charge is 2.40. The van der Waals surface area contributed by atoms with Gasteiger partial charge in [-0.1, -0.05) is 30.3 Å². The number of ether oxygens (including phenoxy) is 1. The van der Waals surface area contributed by atoms with Gasteiger partial charge < -0.3 is 10.1 Å². The van der Waals surface area contributed by atoms with Crippen molar-refractivity contribution in [3.8, 4) is 0 Å². The molecule has 0 aliphatic carbocycles. The predicted molar refractivity (Wildman–Crippen MR) is 95.6 cm³/mol. The van der Waals surface area contributed by atoms with Crippen molar-refractivity contribution in [2.45, 2.75) is 58.2 Å². The van der Waals surface area contributed by atoms with Crippen LogP contribution in [0.5, 0.6) is 0 Å². The Labute approximate surface area is 145 Å². The SMILES string of the molecule is CC(C)NC(=O)[C@H]1CCC2(CCN(Cc3ccccc3)CC2)CO1. The van der Waals surface area contributed by atoms with Crippen molar-refractivity contribution in [1.29, 1.82) is 0 Å². The molecule has 0 aromatic heterocycles. The molecule has 0 radical (unpaired) electrons. The van der Waals surface area contributed by atoms with Gasteiger partial charge in [0, 0.05) is 12.6 Å². The predicted octanol–water partition coefficient (Wildman–Crippen LogP) is 2.97. The Morgan fingerprint density at radius 3 is 2.54 bits per heavy atom. The van der Waals surface area contributed by atoms with Crippen molar-refractivity contribution >= 4 is 5.91 Å². The third-order valence-electron chi connectivity index (χ3n) is 5.42. The van der Waals surface area contributed by atoms with Crippen LogP contribution in [0, 0.1) is 5.41 Å². The van der Waals surface area contributed by atoms with E-state index in [-0.39, 0.29) is 18.1 Å². The summed E-state index contributed by atoms with van der Waals surface area (Å²) in [6.07, 6.45) is 4.08. The summed E-state index contributed by atoms with van der Waals surface area (Å²) in [7, 11) is 0. The van der Waals surface area contributed by atoms with E-state index in [0.29, 0.717) is 5.41 Å². The van der Waals surface area contributed by atoms with E-state index in [0.717, 1.165) is 39.1 Å². The van der Waals surface area contributed by atoms with Gasteiger partial charge >= 0.3 is 0 Å². The Kier molecular flexibility index (Phi) is 5.57. The van der Waals surface area contributed by atoms with Crippen molar-refractivity contribution in [2.75, 3.05) is 19.7 Å². The molecule has 1 amide bonds. The Bertz CT molecular complexity index is 526. The first-order chi connectivity index (χ1) is 11.6. The summed E-state index contributed by atoms with van der Waals surface area (Å²) >= 11 is 0. The molecule has 4 nitrogen and oxygen atoms in total. The lowest BCUT2D eigenvalue weighted by atomic mass is 9.73. The van der Waals surface area contributed by atoms with Gasteiger partial charge in [0.05, 0.1) is 6.61 Å². The van der Waals surface area contributed by atoms with Crippen LogP contribution in [0.4, 0.5) is 0 Å². The molecule has 1 atom stereocenters. The lowest BCUT2D eigenvalue weighted by Gasteiger charge is -2.45. The fraction of sp³-hybridized carbons (Fsp3) is 0.650. The number of benzene rings is 1. The third-order valence-corrected chi connectivity index (χ3v) is 5.42. The van der Waals surface area contributed by atoms with Gasteiger partial charge in [-0.25, -0.2) is 0 Å².